The van der Waals surface area contributed by atoms with Crippen LogP contribution in [0, 0.1) is 0 Å². The van der Waals surface area contributed by atoms with E-state index in [0.717, 1.165) is 12.8 Å². The third-order valence-corrected chi connectivity index (χ3v) is 9.18. The first-order valence-corrected chi connectivity index (χ1v) is 10.6. The number of ether oxygens (including phenoxy) is 1. The van der Waals surface area contributed by atoms with Gasteiger partial charge in [0, 0.05) is 6.20 Å². The molecule has 0 aliphatic carbocycles. The Balaban J connectivity index is 1.95. The molecule has 1 aliphatic rings. The fourth-order valence-corrected chi connectivity index (χ4v) is 3.21. The molecule has 124 valence electrons. The minimum absolute atomic E-state index is 0.0311. The van der Waals surface area contributed by atoms with Crippen molar-refractivity contribution in [1.29, 1.82) is 0 Å². The zero-order chi connectivity index (χ0) is 16.5. The van der Waals surface area contributed by atoms with Gasteiger partial charge >= 0.3 is 5.69 Å². The Kier molecular flexibility index (Phi) is 4.79. The fraction of sp³-hybridized carbons (Fsp3) is 0.733. The van der Waals surface area contributed by atoms with Crippen LogP contribution in [0.1, 0.15) is 39.8 Å². The second kappa shape index (κ2) is 6.14. The zero-order valence-corrected chi connectivity index (χ0v) is 15.1. The lowest BCUT2D eigenvalue weighted by molar-refractivity contribution is -0.0221. The van der Waals surface area contributed by atoms with E-state index in [0.29, 0.717) is 6.61 Å². The lowest BCUT2D eigenvalue weighted by Gasteiger charge is -2.36. The summed E-state index contributed by atoms with van der Waals surface area (Å²) >= 11 is 0. The maximum atomic E-state index is 11.8. The topological polar surface area (TPSA) is 79.4 Å². The molecular formula is C15H27N3O3Si. The lowest BCUT2D eigenvalue weighted by atomic mass is 10.2. The molecule has 0 aromatic carbocycles. The van der Waals surface area contributed by atoms with Gasteiger partial charge in [0.1, 0.15) is 12.0 Å². The number of anilines is 1. The summed E-state index contributed by atoms with van der Waals surface area (Å²) in [5.74, 6) is 0.233. The summed E-state index contributed by atoms with van der Waals surface area (Å²) in [6.45, 7) is 11.7. The van der Waals surface area contributed by atoms with Crippen molar-refractivity contribution in [2.45, 2.75) is 64.1 Å². The summed E-state index contributed by atoms with van der Waals surface area (Å²) in [5.41, 5.74) is 5.14. The predicted octanol–water partition coefficient (Wildman–Crippen LogP) is 2.52. The van der Waals surface area contributed by atoms with E-state index in [2.05, 4.69) is 38.8 Å². The van der Waals surface area contributed by atoms with Crippen molar-refractivity contribution in [3.63, 3.8) is 0 Å². The van der Waals surface area contributed by atoms with Gasteiger partial charge < -0.3 is 14.9 Å². The number of nitrogen functional groups attached to an aromatic ring is 1. The van der Waals surface area contributed by atoms with Crippen molar-refractivity contribution in [2.75, 3.05) is 12.3 Å². The third kappa shape index (κ3) is 3.77. The summed E-state index contributed by atoms with van der Waals surface area (Å²) in [5, 5.41) is 0.183. The van der Waals surface area contributed by atoms with Crippen LogP contribution in [0.25, 0.3) is 0 Å². The Morgan fingerprint density at radius 1 is 1.45 bits per heavy atom. The SMILES string of the molecule is CC(C)(C)[Si](C)(C)OCC1CC[C@H](n2ccc(N)nc2=O)O1. The van der Waals surface area contributed by atoms with Gasteiger partial charge in [-0.15, -0.1) is 0 Å². The van der Waals surface area contributed by atoms with E-state index in [9.17, 15) is 4.79 Å². The normalized spacial score (nSPS) is 23.0. The molecule has 1 fully saturated rings. The summed E-state index contributed by atoms with van der Waals surface area (Å²) in [7, 11) is -1.77. The molecular weight excluding hydrogens is 298 g/mol. The largest absolute Gasteiger partial charge is 0.414 e. The van der Waals surface area contributed by atoms with Crippen LogP contribution in [0.5, 0.6) is 0 Å². The molecule has 2 N–H and O–H groups in total. The summed E-state index contributed by atoms with van der Waals surface area (Å²) < 4.78 is 13.7. The minimum atomic E-state index is -1.77. The van der Waals surface area contributed by atoms with Crippen LogP contribution < -0.4 is 11.4 Å². The van der Waals surface area contributed by atoms with E-state index in [1.54, 1.807) is 12.3 Å². The first kappa shape index (κ1) is 17.2. The van der Waals surface area contributed by atoms with Crippen molar-refractivity contribution >= 4 is 14.1 Å². The quantitative estimate of drug-likeness (QED) is 0.861. The standard InChI is InChI=1S/C15H27N3O3Si/c1-15(2,3)22(4,5)20-10-11-6-7-13(21-11)18-9-8-12(16)17-14(18)19/h8-9,11,13H,6-7,10H2,1-5H3,(H2,16,17,19)/t11?,13-/m1/s1. The molecule has 0 radical (unpaired) electrons. The second-order valence-corrected chi connectivity index (χ2v) is 12.2. The molecule has 1 saturated heterocycles. The van der Waals surface area contributed by atoms with Gasteiger partial charge in [-0.1, -0.05) is 20.8 Å². The number of rotatable bonds is 4. The molecule has 2 atom stereocenters. The molecule has 1 unspecified atom stereocenters. The van der Waals surface area contributed by atoms with E-state index in [1.807, 2.05) is 0 Å². The molecule has 1 aromatic rings. The summed E-state index contributed by atoms with van der Waals surface area (Å²) in [6, 6.07) is 1.62. The second-order valence-electron chi connectivity index (χ2n) is 7.40. The number of nitrogens with two attached hydrogens (primary N) is 1. The lowest BCUT2D eigenvalue weighted by Crippen LogP contribution is -2.42. The molecule has 2 heterocycles. The fourth-order valence-electron chi connectivity index (χ4n) is 2.18. The van der Waals surface area contributed by atoms with Gasteiger partial charge in [0.15, 0.2) is 8.32 Å². The molecule has 0 bridgehead atoms. The number of nitrogens with zero attached hydrogens (tertiary/aromatic N) is 2. The molecule has 0 amide bonds. The van der Waals surface area contributed by atoms with E-state index in [-0.39, 0.29) is 28.9 Å². The van der Waals surface area contributed by atoms with Gasteiger partial charge in [0.2, 0.25) is 0 Å². The number of aromatic nitrogens is 2. The molecule has 22 heavy (non-hydrogen) atoms. The molecule has 7 heteroatoms. The highest BCUT2D eigenvalue weighted by Gasteiger charge is 2.38. The average molecular weight is 325 g/mol. The smallest absolute Gasteiger partial charge is 0.351 e. The van der Waals surface area contributed by atoms with Crippen molar-refractivity contribution in [3.05, 3.63) is 22.7 Å². The molecule has 6 nitrogen and oxygen atoms in total. The first-order valence-electron chi connectivity index (χ1n) is 7.74. The van der Waals surface area contributed by atoms with Gasteiger partial charge in [0.05, 0.1) is 12.7 Å². The summed E-state index contributed by atoms with van der Waals surface area (Å²) in [4.78, 5) is 15.6. The van der Waals surface area contributed by atoms with E-state index in [4.69, 9.17) is 14.9 Å². The monoisotopic (exact) mass is 325 g/mol. The highest BCUT2D eigenvalue weighted by Crippen LogP contribution is 2.37. The minimum Gasteiger partial charge on any atom is -0.414 e. The van der Waals surface area contributed by atoms with Crippen LogP contribution in [0.15, 0.2) is 17.1 Å². The highest BCUT2D eigenvalue weighted by atomic mass is 28.4. The van der Waals surface area contributed by atoms with Crippen LogP contribution in [0.3, 0.4) is 0 Å². The Bertz CT molecular complexity index is 580. The summed E-state index contributed by atoms with van der Waals surface area (Å²) in [6.07, 6.45) is 3.08. The van der Waals surface area contributed by atoms with Crippen LogP contribution in [0.4, 0.5) is 5.82 Å². The Hall–Kier alpha value is -1.18. The van der Waals surface area contributed by atoms with Crippen LogP contribution in [-0.2, 0) is 9.16 Å². The molecule has 1 aliphatic heterocycles. The molecule has 1 aromatic heterocycles. The predicted molar refractivity (Wildman–Crippen MR) is 89.2 cm³/mol. The first-order chi connectivity index (χ1) is 10.1. The van der Waals surface area contributed by atoms with Crippen molar-refractivity contribution < 1.29 is 9.16 Å². The number of hydrogen-bond acceptors (Lipinski definition) is 5. The van der Waals surface area contributed by atoms with E-state index >= 15 is 0 Å². The third-order valence-electron chi connectivity index (χ3n) is 4.68. The van der Waals surface area contributed by atoms with Crippen LogP contribution in [0.2, 0.25) is 18.1 Å². The van der Waals surface area contributed by atoms with Gasteiger partial charge in [0.25, 0.3) is 0 Å². The highest BCUT2D eigenvalue weighted by molar-refractivity contribution is 6.74. The maximum absolute atomic E-state index is 11.8. The zero-order valence-electron chi connectivity index (χ0n) is 14.1. The van der Waals surface area contributed by atoms with Crippen molar-refractivity contribution in [1.82, 2.24) is 9.55 Å². The molecule has 0 saturated carbocycles. The number of hydrogen-bond donors (Lipinski definition) is 1. The Morgan fingerprint density at radius 3 is 2.73 bits per heavy atom. The van der Waals surface area contributed by atoms with E-state index in [1.165, 1.54) is 4.57 Å². The van der Waals surface area contributed by atoms with Gasteiger partial charge in [-0.05, 0) is 37.0 Å². The Morgan fingerprint density at radius 2 is 2.14 bits per heavy atom. The van der Waals surface area contributed by atoms with Crippen molar-refractivity contribution in [2.24, 2.45) is 0 Å². The molecule has 0 spiro atoms. The van der Waals surface area contributed by atoms with Crippen molar-refractivity contribution in [3.8, 4) is 0 Å². The van der Waals surface area contributed by atoms with Gasteiger partial charge in [-0.25, -0.2) is 4.79 Å². The van der Waals surface area contributed by atoms with Crippen LogP contribution >= 0.6 is 0 Å². The average Bonchev–Trinajstić information content (AvgIpc) is 2.83. The molecule has 2 rings (SSSR count). The van der Waals surface area contributed by atoms with Crippen LogP contribution in [-0.4, -0.2) is 30.6 Å². The van der Waals surface area contributed by atoms with E-state index < -0.39 is 8.32 Å². The Labute approximate surface area is 132 Å². The maximum Gasteiger partial charge on any atom is 0.351 e. The van der Waals surface area contributed by atoms with Gasteiger partial charge in [-0.2, -0.15) is 4.98 Å². The van der Waals surface area contributed by atoms with Gasteiger partial charge in [-0.3, -0.25) is 4.57 Å².